The number of nitrogens with one attached hydrogen (secondary N) is 2. The first-order chi connectivity index (χ1) is 13.2. The van der Waals surface area contributed by atoms with E-state index in [4.69, 9.17) is 24.4 Å². The first-order valence-electron chi connectivity index (χ1n) is 11.1. The minimum Gasteiger partial charge on any atom is -0.367 e. The minimum atomic E-state index is 0.508. The summed E-state index contributed by atoms with van der Waals surface area (Å²) < 4.78 is 1.76. The van der Waals surface area contributed by atoms with Gasteiger partial charge in [-0.25, -0.2) is 0 Å². The molecule has 2 saturated carbocycles. The lowest BCUT2D eigenvalue weighted by atomic mass is 9.75. The molecule has 0 radical (unpaired) electrons. The Kier molecular flexibility index (Phi) is 10.4. The maximum atomic E-state index is 5.63. The smallest absolute Gasteiger partial charge is 0.145 e. The Morgan fingerprint density at radius 2 is 1.07 bits per heavy atom. The van der Waals surface area contributed by atoms with Crippen LogP contribution in [0, 0.1) is 35.5 Å². The zero-order valence-corrected chi connectivity index (χ0v) is 21.8. The molecular weight excluding hydrogens is 421 g/mol. The Bertz CT molecular complexity index is 477. The van der Waals surface area contributed by atoms with Crippen molar-refractivity contribution in [2.24, 2.45) is 35.5 Å². The van der Waals surface area contributed by atoms with E-state index in [1.54, 1.807) is 21.6 Å². The molecule has 2 aliphatic carbocycles. The summed E-state index contributed by atoms with van der Waals surface area (Å²) in [5.41, 5.74) is 0. The van der Waals surface area contributed by atoms with E-state index in [-0.39, 0.29) is 0 Å². The lowest BCUT2D eigenvalue weighted by Crippen LogP contribution is -2.43. The predicted octanol–water partition coefficient (Wildman–Crippen LogP) is 7.04. The molecule has 0 saturated heterocycles. The minimum absolute atomic E-state index is 0.508. The highest BCUT2D eigenvalue weighted by Gasteiger charge is 2.31. The molecule has 0 aromatic carbocycles. The lowest BCUT2D eigenvalue weighted by molar-refractivity contribution is 0.195. The average Bonchev–Trinajstić information content (AvgIpc) is 2.63. The van der Waals surface area contributed by atoms with Crippen molar-refractivity contribution in [1.29, 1.82) is 0 Å². The third-order valence-corrected chi connectivity index (χ3v) is 10.4. The van der Waals surface area contributed by atoms with Gasteiger partial charge in [0.25, 0.3) is 0 Å². The maximum Gasteiger partial charge on any atom is 0.145 e. The van der Waals surface area contributed by atoms with E-state index < -0.39 is 0 Å². The first kappa shape index (κ1) is 24.7. The molecule has 0 bridgehead atoms. The molecule has 2 nitrogen and oxygen atoms in total. The molecule has 0 aromatic rings. The fraction of sp³-hybridized carbons (Fsp3) is 0.909. The summed E-state index contributed by atoms with van der Waals surface area (Å²) in [6.07, 6.45) is 7.80. The third-order valence-electron chi connectivity index (χ3n) is 7.16. The molecule has 0 spiro atoms. The fourth-order valence-electron chi connectivity index (χ4n) is 4.75. The Morgan fingerprint density at radius 3 is 1.39 bits per heavy atom. The Labute approximate surface area is 192 Å². The molecular formula is C22H40N2S4. The molecule has 2 rings (SSSR count). The van der Waals surface area contributed by atoms with Gasteiger partial charge in [-0.2, -0.15) is 0 Å². The van der Waals surface area contributed by atoms with Crippen LogP contribution in [0.15, 0.2) is 0 Å². The van der Waals surface area contributed by atoms with Gasteiger partial charge in [-0.15, -0.1) is 0 Å². The zero-order valence-electron chi connectivity index (χ0n) is 18.5. The van der Waals surface area contributed by atoms with Gasteiger partial charge in [-0.1, -0.05) is 66.0 Å². The molecule has 0 amide bonds. The van der Waals surface area contributed by atoms with E-state index >= 15 is 0 Å². The van der Waals surface area contributed by atoms with Crippen molar-refractivity contribution < 1.29 is 0 Å². The van der Waals surface area contributed by atoms with Gasteiger partial charge in [0.2, 0.25) is 0 Å². The highest BCUT2D eigenvalue weighted by molar-refractivity contribution is 8.89. The van der Waals surface area contributed by atoms with Crippen molar-refractivity contribution in [1.82, 2.24) is 10.6 Å². The van der Waals surface area contributed by atoms with Crippen LogP contribution in [0.4, 0.5) is 0 Å². The highest BCUT2D eigenvalue weighted by atomic mass is 33.1. The predicted molar refractivity (Wildman–Crippen MR) is 137 cm³/mol. The molecule has 0 aliphatic heterocycles. The summed E-state index contributed by atoms with van der Waals surface area (Å²) in [6.45, 7) is 14.1. The van der Waals surface area contributed by atoms with Crippen molar-refractivity contribution >= 4 is 54.7 Å². The largest absolute Gasteiger partial charge is 0.367 e. The number of rotatable bonds is 4. The Hall–Kier alpha value is 0.480. The van der Waals surface area contributed by atoms with Crippen LogP contribution in [-0.2, 0) is 0 Å². The topological polar surface area (TPSA) is 24.1 Å². The maximum absolute atomic E-state index is 5.63. The summed E-state index contributed by atoms with van der Waals surface area (Å²) >= 11 is 11.3. The summed E-state index contributed by atoms with van der Waals surface area (Å²) in [7, 11) is 3.24. The number of hydrogen-bond donors (Lipinski definition) is 2. The van der Waals surface area contributed by atoms with Gasteiger partial charge in [0.1, 0.15) is 8.64 Å². The van der Waals surface area contributed by atoms with Crippen molar-refractivity contribution in [3.05, 3.63) is 0 Å². The van der Waals surface area contributed by atoms with E-state index in [1.165, 1.54) is 38.5 Å². The van der Waals surface area contributed by atoms with Crippen LogP contribution in [-0.4, -0.2) is 20.7 Å². The van der Waals surface area contributed by atoms with Gasteiger partial charge < -0.3 is 10.6 Å². The Morgan fingerprint density at radius 1 is 0.714 bits per heavy atom. The second kappa shape index (κ2) is 11.8. The molecule has 28 heavy (non-hydrogen) atoms. The normalized spacial score (nSPS) is 33.7. The monoisotopic (exact) mass is 460 g/mol. The second-order valence-electron chi connectivity index (χ2n) is 9.83. The van der Waals surface area contributed by atoms with Gasteiger partial charge in [-0.3, -0.25) is 0 Å². The van der Waals surface area contributed by atoms with Crippen LogP contribution in [0.1, 0.15) is 80.1 Å². The standard InChI is InChI=1S/C22H40N2S4/c1-13(2)17-9-7-15(5)19(11-17)23-21(25)27-28-22(26)24-20-12-18(14(3)4)10-8-16(20)6/h13-20H,7-12H2,1-6H3,(H,23,25)(H,24,26)/t15?,16?,17-,18-,19?,20?/m1/s1. The molecule has 2 aliphatic rings. The molecule has 162 valence electrons. The van der Waals surface area contributed by atoms with Crippen LogP contribution in [0.5, 0.6) is 0 Å². The first-order valence-corrected chi connectivity index (χ1v) is 14.1. The summed E-state index contributed by atoms with van der Waals surface area (Å²) in [5.74, 6) is 4.55. The van der Waals surface area contributed by atoms with Crippen molar-refractivity contribution in [3.8, 4) is 0 Å². The molecule has 4 unspecified atom stereocenters. The van der Waals surface area contributed by atoms with Gasteiger partial charge in [0.05, 0.1) is 0 Å². The van der Waals surface area contributed by atoms with Crippen LogP contribution >= 0.6 is 46.0 Å². The van der Waals surface area contributed by atoms with Crippen LogP contribution in [0.25, 0.3) is 0 Å². The van der Waals surface area contributed by atoms with E-state index in [2.05, 4.69) is 52.2 Å². The molecule has 2 N–H and O–H groups in total. The summed E-state index contributed by atoms with van der Waals surface area (Å²) in [5, 5.41) is 7.26. The van der Waals surface area contributed by atoms with Crippen molar-refractivity contribution in [2.75, 3.05) is 0 Å². The van der Waals surface area contributed by atoms with Gasteiger partial charge in [-0.05, 0) is 95.6 Å². The number of hydrogen-bond acceptors (Lipinski definition) is 4. The van der Waals surface area contributed by atoms with Gasteiger partial charge >= 0.3 is 0 Å². The second-order valence-corrected chi connectivity index (χ2v) is 13.3. The molecule has 2 fully saturated rings. The highest BCUT2D eigenvalue weighted by Crippen LogP contribution is 2.36. The number of thiocarbonyl (C=S) groups is 2. The summed E-state index contributed by atoms with van der Waals surface area (Å²) in [6, 6.07) is 1.02. The molecule has 0 aromatic heterocycles. The van der Waals surface area contributed by atoms with Crippen LogP contribution in [0.2, 0.25) is 0 Å². The van der Waals surface area contributed by atoms with Crippen molar-refractivity contribution in [3.63, 3.8) is 0 Å². The lowest BCUT2D eigenvalue weighted by Gasteiger charge is -2.37. The van der Waals surface area contributed by atoms with Gasteiger partial charge in [0, 0.05) is 12.1 Å². The molecule has 6 heteroatoms. The zero-order chi connectivity index (χ0) is 20.8. The third kappa shape index (κ3) is 7.63. The SMILES string of the molecule is CC1CC[C@@H](C(C)C)CC1NC(=S)SSC(=S)NC1C[C@H](C(C)C)CCC1C. The quantitative estimate of drug-likeness (QED) is 0.345. The van der Waals surface area contributed by atoms with E-state index in [0.29, 0.717) is 23.9 Å². The fourth-order valence-corrected chi connectivity index (χ4v) is 6.96. The van der Waals surface area contributed by atoms with E-state index in [1.807, 2.05) is 0 Å². The average molecular weight is 461 g/mol. The van der Waals surface area contributed by atoms with Gasteiger partial charge in [0.15, 0.2) is 0 Å². The summed E-state index contributed by atoms with van der Waals surface area (Å²) in [4.78, 5) is 0. The van der Waals surface area contributed by atoms with Crippen LogP contribution in [0.3, 0.4) is 0 Å². The Balaban J connectivity index is 1.75. The van der Waals surface area contributed by atoms with Crippen LogP contribution < -0.4 is 10.6 Å². The van der Waals surface area contributed by atoms with E-state index in [0.717, 1.165) is 32.3 Å². The molecule has 0 heterocycles. The van der Waals surface area contributed by atoms with Crippen molar-refractivity contribution in [2.45, 2.75) is 92.2 Å². The molecule has 6 atom stereocenters. The van der Waals surface area contributed by atoms with E-state index in [9.17, 15) is 0 Å².